The summed E-state index contributed by atoms with van der Waals surface area (Å²) in [5, 5.41) is 34.5. The monoisotopic (exact) mass is 910 g/mol. The molecule has 334 valence electrons. The topological polar surface area (TPSA) is 89.9 Å². The Morgan fingerprint density at radius 1 is 0.400 bits per heavy atom. The molecule has 7 heteroatoms. The van der Waals surface area contributed by atoms with Crippen molar-refractivity contribution < 1.29 is 30.6 Å². The standard InChI is InChI=1S/C24H34N2.C24H33N2.C5H12O2.Pd/c2*1-3-5-7-9-11-21-13-17-23(18-14-21)25-26-24-19-15-22(16-20-24)12-10-8-6-4-2;1-4(6)3-5(2)7;/h13-20H,3-12H2,1-2H3;13-19H,3-12H2,1-2H3;4-7H,3H2,1-2H3;/q;-1;;. The zero-order valence-corrected chi connectivity index (χ0v) is 39.7. The molecule has 0 heterocycles. The minimum absolute atomic E-state index is 0. The van der Waals surface area contributed by atoms with Gasteiger partial charge < -0.3 is 10.2 Å². The number of unbranched alkanes of at least 4 members (excludes halogenated alkanes) is 12. The minimum atomic E-state index is -0.375. The van der Waals surface area contributed by atoms with Crippen LogP contribution in [0.5, 0.6) is 0 Å². The Morgan fingerprint density at radius 3 is 0.967 bits per heavy atom. The second kappa shape index (κ2) is 36.3. The first-order valence-electron chi connectivity index (χ1n) is 23.2. The molecule has 0 saturated heterocycles. The van der Waals surface area contributed by atoms with Crippen LogP contribution in [0.2, 0.25) is 0 Å². The molecule has 0 aromatic heterocycles. The Morgan fingerprint density at radius 2 is 0.700 bits per heavy atom. The molecule has 0 amide bonds. The molecule has 2 atom stereocenters. The molecule has 0 fully saturated rings. The molecule has 4 aromatic carbocycles. The van der Waals surface area contributed by atoms with Gasteiger partial charge in [-0.1, -0.05) is 154 Å². The van der Waals surface area contributed by atoms with Crippen molar-refractivity contribution in [2.24, 2.45) is 20.5 Å². The van der Waals surface area contributed by atoms with Crippen LogP contribution in [0.3, 0.4) is 0 Å². The third kappa shape index (κ3) is 28.2. The number of aliphatic hydroxyl groups is 2. The number of nitrogens with zero attached hydrogens (tertiary/aromatic N) is 4. The third-order valence-electron chi connectivity index (χ3n) is 10.2. The van der Waals surface area contributed by atoms with Crippen molar-refractivity contribution in [3.63, 3.8) is 0 Å². The molecule has 0 bridgehead atoms. The molecular formula is C53H79N4O2Pd-. The summed E-state index contributed by atoms with van der Waals surface area (Å²) in [5.74, 6) is 0. The fraction of sp³-hybridized carbons (Fsp3) is 0.547. The molecule has 0 saturated carbocycles. The van der Waals surface area contributed by atoms with Gasteiger partial charge in [0.25, 0.3) is 0 Å². The van der Waals surface area contributed by atoms with Crippen LogP contribution in [0.25, 0.3) is 0 Å². The smallest absolute Gasteiger partial charge is 0.0857 e. The number of rotatable bonds is 26. The van der Waals surface area contributed by atoms with Gasteiger partial charge in [-0.15, -0.1) is 6.07 Å². The van der Waals surface area contributed by atoms with Gasteiger partial charge in [0.15, 0.2) is 0 Å². The zero-order valence-electron chi connectivity index (χ0n) is 38.2. The summed E-state index contributed by atoms with van der Waals surface area (Å²) in [6, 6.07) is 34.9. The van der Waals surface area contributed by atoms with Gasteiger partial charge in [-0.3, -0.25) is 0 Å². The molecule has 0 aliphatic rings. The van der Waals surface area contributed by atoms with E-state index in [4.69, 9.17) is 10.2 Å². The van der Waals surface area contributed by atoms with Gasteiger partial charge in [0.2, 0.25) is 0 Å². The average Bonchev–Trinajstić information content (AvgIpc) is 3.24. The van der Waals surface area contributed by atoms with Crippen molar-refractivity contribution in [3.05, 3.63) is 119 Å². The molecule has 4 aromatic rings. The number of hydrogen-bond acceptors (Lipinski definition) is 6. The Balaban J connectivity index is 0.000000510. The van der Waals surface area contributed by atoms with Crippen LogP contribution in [0.4, 0.5) is 22.7 Å². The van der Waals surface area contributed by atoms with Crippen LogP contribution in [-0.4, -0.2) is 22.4 Å². The Bertz CT molecular complexity index is 1380. The predicted octanol–water partition coefficient (Wildman–Crippen LogP) is 16.6. The quantitative estimate of drug-likeness (QED) is 0.0284. The van der Waals surface area contributed by atoms with Crippen LogP contribution in [0.1, 0.15) is 173 Å². The molecule has 60 heavy (non-hydrogen) atoms. The van der Waals surface area contributed by atoms with Gasteiger partial charge in [-0.25, -0.2) is 0 Å². The van der Waals surface area contributed by atoms with E-state index < -0.39 is 0 Å². The molecule has 2 N–H and O–H groups in total. The van der Waals surface area contributed by atoms with Gasteiger partial charge in [0.05, 0.1) is 29.3 Å². The second-order valence-electron chi connectivity index (χ2n) is 16.2. The Kier molecular flexibility index (Phi) is 33.1. The van der Waals surface area contributed by atoms with E-state index in [9.17, 15) is 0 Å². The summed E-state index contributed by atoms with van der Waals surface area (Å²) in [4.78, 5) is 0. The van der Waals surface area contributed by atoms with E-state index in [1.165, 1.54) is 125 Å². The molecule has 0 aliphatic carbocycles. The first kappa shape index (κ1) is 54.7. The van der Waals surface area contributed by atoms with Crippen molar-refractivity contribution in [3.8, 4) is 0 Å². The van der Waals surface area contributed by atoms with Crippen molar-refractivity contribution in [2.75, 3.05) is 0 Å². The summed E-state index contributed by atoms with van der Waals surface area (Å²) in [7, 11) is 0. The van der Waals surface area contributed by atoms with E-state index in [1.807, 2.05) is 6.07 Å². The average molecular weight is 911 g/mol. The van der Waals surface area contributed by atoms with Crippen LogP contribution in [0, 0.1) is 6.07 Å². The van der Waals surface area contributed by atoms with Crippen LogP contribution < -0.4 is 0 Å². The maximum absolute atomic E-state index is 8.56. The second-order valence-corrected chi connectivity index (χ2v) is 16.2. The normalized spacial score (nSPS) is 12.0. The van der Waals surface area contributed by atoms with Gasteiger partial charge in [0.1, 0.15) is 0 Å². The molecule has 0 radical (unpaired) electrons. The van der Waals surface area contributed by atoms with Crippen molar-refractivity contribution in [1.82, 2.24) is 0 Å². The van der Waals surface area contributed by atoms with Crippen molar-refractivity contribution >= 4 is 22.7 Å². The van der Waals surface area contributed by atoms with E-state index in [-0.39, 0.29) is 32.6 Å². The van der Waals surface area contributed by atoms with E-state index in [2.05, 4.69) is 139 Å². The Labute approximate surface area is 379 Å². The maximum atomic E-state index is 8.56. The summed E-state index contributed by atoms with van der Waals surface area (Å²) in [6.45, 7) is 12.3. The third-order valence-corrected chi connectivity index (χ3v) is 10.2. The molecule has 0 spiro atoms. The largest absolute Gasteiger partial charge is 0.393 e. The fourth-order valence-corrected chi connectivity index (χ4v) is 6.60. The van der Waals surface area contributed by atoms with Crippen molar-refractivity contribution in [2.45, 2.75) is 189 Å². The van der Waals surface area contributed by atoms with Gasteiger partial charge in [-0.05, 0) is 118 Å². The van der Waals surface area contributed by atoms with Crippen molar-refractivity contribution in [1.29, 1.82) is 0 Å². The summed E-state index contributed by atoms with van der Waals surface area (Å²) in [5.41, 5.74) is 9.06. The van der Waals surface area contributed by atoms with Crippen LogP contribution >= 0.6 is 0 Å². The number of aliphatic hydroxyl groups excluding tert-OH is 2. The van der Waals surface area contributed by atoms with Gasteiger partial charge in [0, 0.05) is 20.4 Å². The van der Waals surface area contributed by atoms with Crippen LogP contribution in [-0.2, 0) is 46.1 Å². The van der Waals surface area contributed by atoms with E-state index in [0.29, 0.717) is 6.42 Å². The predicted molar refractivity (Wildman–Crippen MR) is 252 cm³/mol. The zero-order chi connectivity index (χ0) is 42.8. The number of aryl methyl sites for hydroxylation is 4. The van der Waals surface area contributed by atoms with E-state index in [1.54, 1.807) is 13.8 Å². The SMILES string of the molecule is CC(O)CC(C)O.CCCCCCc1c[c-]c(N=Nc2ccc(CCCCCC)cc2)cc1.CCCCCCc1ccc(N=Nc2ccc(CCCCCC)cc2)cc1.[Pd]. The van der Waals surface area contributed by atoms with Crippen LogP contribution in [0.15, 0.2) is 111 Å². The summed E-state index contributed by atoms with van der Waals surface area (Å²) in [6.07, 6.45) is 25.2. The summed E-state index contributed by atoms with van der Waals surface area (Å²) >= 11 is 0. The molecule has 4 rings (SSSR count). The number of benzene rings is 4. The molecule has 0 aliphatic heterocycles. The summed E-state index contributed by atoms with van der Waals surface area (Å²) < 4.78 is 0. The number of azo groups is 2. The van der Waals surface area contributed by atoms with E-state index in [0.717, 1.165) is 48.4 Å². The Hall–Kier alpha value is -3.34. The molecule has 6 nitrogen and oxygen atoms in total. The minimum Gasteiger partial charge on any atom is -0.393 e. The van der Waals surface area contributed by atoms with E-state index >= 15 is 0 Å². The first-order valence-corrected chi connectivity index (χ1v) is 23.2. The first-order chi connectivity index (χ1) is 28.8. The van der Waals surface area contributed by atoms with Gasteiger partial charge >= 0.3 is 0 Å². The molecule has 2 unspecified atom stereocenters. The fourth-order valence-electron chi connectivity index (χ4n) is 6.60. The maximum Gasteiger partial charge on any atom is 0.0857 e. The number of hydrogen-bond donors (Lipinski definition) is 2. The molecular weight excluding hydrogens is 831 g/mol. The van der Waals surface area contributed by atoms with Gasteiger partial charge in [-0.2, -0.15) is 44.2 Å².